The largest absolute Gasteiger partial charge is 0.496 e. The zero-order chi connectivity index (χ0) is 15.6. The van der Waals surface area contributed by atoms with E-state index >= 15 is 0 Å². The van der Waals surface area contributed by atoms with Gasteiger partial charge in [0.2, 0.25) is 0 Å². The maximum atomic E-state index is 11.3. The normalized spacial score (nSPS) is 12.2. The van der Waals surface area contributed by atoms with Crippen LogP contribution in [0.25, 0.3) is 11.0 Å². The Hall–Kier alpha value is -2.27. The van der Waals surface area contributed by atoms with Crippen LogP contribution in [0.3, 0.4) is 0 Å². The van der Waals surface area contributed by atoms with Gasteiger partial charge in [0.25, 0.3) is 0 Å². The molecule has 0 aliphatic heterocycles. The summed E-state index contributed by atoms with van der Waals surface area (Å²) in [5.74, 6) is 1.02. The van der Waals surface area contributed by atoms with Crippen LogP contribution in [-0.4, -0.2) is 25.4 Å². The standard InChI is InChI=1S/C16H18O5/c1-9(2)12(17)7-11-13(19-3)8-14-10(16(11)20-4)5-6-15(18)21-14/h5-6,8,12,17H,1,7H2,2-4H3. The Morgan fingerprint density at radius 2 is 2.10 bits per heavy atom. The van der Waals surface area contributed by atoms with Crippen molar-refractivity contribution in [1.82, 2.24) is 0 Å². The Morgan fingerprint density at radius 1 is 1.38 bits per heavy atom. The lowest BCUT2D eigenvalue weighted by atomic mass is 9.99. The van der Waals surface area contributed by atoms with Gasteiger partial charge < -0.3 is 19.0 Å². The molecule has 0 aliphatic carbocycles. The number of fused-ring (bicyclic) bond motifs is 1. The molecule has 1 atom stereocenters. The van der Waals surface area contributed by atoms with Crippen molar-refractivity contribution in [2.75, 3.05) is 14.2 Å². The molecular formula is C16H18O5. The first-order valence-corrected chi connectivity index (χ1v) is 6.49. The van der Waals surface area contributed by atoms with Crippen molar-refractivity contribution in [2.24, 2.45) is 0 Å². The molecule has 2 rings (SSSR count). The molecule has 0 saturated carbocycles. The lowest BCUT2D eigenvalue weighted by Crippen LogP contribution is -2.13. The van der Waals surface area contributed by atoms with E-state index in [1.165, 1.54) is 20.3 Å². The van der Waals surface area contributed by atoms with Gasteiger partial charge in [-0.25, -0.2) is 4.79 Å². The first-order valence-electron chi connectivity index (χ1n) is 6.49. The molecule has 1 heterocycles. The minimum Gasteiger partial charge on any atom is -0.496 e. The van der Waals surface area contributed by atoms with E-state index in [0.29, 0.717) is 40.0 Å². The summed E-state index contributed by atoms with van der Waals surface area (Å²) in [6.07, 6.45) is -0.405. The average molecular weight is 290 g/mol. The topological polar surface area (TPSA) is 68.9 Å². The molecular weight excluding hydrogens is 272 g/mol. The fourth-order valence-corrected chi connectivity index (χ4v) is 2.18. The molecule has 0 amide bonds. The molecule has 0 saturated heterocycles. The van der Waals surface area contributed by atoms with Crippen LogP contribution in [0.4, 0.5) is 0 Å². The molecule has 0 aliphatic rings. The lowest BCUT2D eigenvalue weighted by molar-refractivity contribution is 0.209. The zero-order valence-corrected chi connectivity index (χ0v) is 12.3. The number of ether oxygens (including phenoxy) is 2. The summed E-state index contributed by atoms with van der Waals surface area (Å²) in [6.45, 7) is 5.50. The zero-order valence-electron chi connectivity index (χ0n) is 12.3. The minimum absolute atomic E-state index is 0.302. The van der Waals surface area contributed by atoms with Gasteiger partial charge in [0, 0.05) is 24.1 Å². The van der Waals surface area contributed by atoms with E-state index in [4.69, 9.17) is 13.9 Å². The quantitative estimate of drug-likeness (QED) is 0.676. The van der Waals surface area contributed by atoms with Crippen LogP contribution in [0.5, 0.6) is 11.5 Å². The molecule has 21 heavy (non-hydrogen) atoms. The number of aliphatic hydroxyl groups excluding tert-OH is 1. The molecule has 2 aromatic rings. The monoisotopic (exact) mass is 290 g/mol. The predicted molar refractivity (Wildman–Crippen MR) is 80.1 cm³/mol. The van der Waals surface area contributed by atoms with Crippen molar-refractivity contribution < 1.29 is 19.0 Å². The van der Waals surface area contributed by atoms with Crippen LogP contribution in [0.1, 0.15) is 12.5 Å². The summed E-state index contributed by atoms with van der Waals surface area (Å²) in [5.41, 5.74) is 1.29. The highest BCUT2D eigenvalue weighted by molar-refractivity contribution is 5.87. The first-order chi connectivity index (χ1) is 9.97. The van der Waals surface area contributed by atoms with E-state index < -0.39 is 11.7 Å². The second-order valence-corrected chi connectivity index (χ2v) is 4.82. The Kier molecular flexibility index (Phi) is 4.33. The van der Waals surface area contributed by atoms with Gasteiger partial charge in [0.05, 0.1) is 25.7 Å². The summed E-state index contributed by atoms with van der Waals surface area (Å²) in [7, 11) is 3.04. The predicted octanol–water partition coefficient (Wildman–Crippen LogP) is 2.29. The third-order valence-corrected chi connectivity index (χ3v) is 3.33. The van der Waals surface area contributed by atoms with Crippen LogP contribution < -0.4 is 15.1 Å². The van der Waals surface area contributed by atoms with E-state index in [-0.39, 0.29) is 0 Å². The third kappa shape index (κ3) is 2.92. The molecule has 112 valence electrons. The summed E-state index contributed by atoms with van der Waals surface area (Å²) < 4.78 is 15.9. The molecule has 0 bridgehead atoms. The Balaban J connectivity index is 2.69. The molecule has 0 radical (unpaired) electrons. The van der Waals surface area contributed by atoms with Gasteiger partial charge in [-0.15, -0.1) is 0 Å². The van der Waals surface area contributed by atoms with E-state index in [9.17, 15) is 9.90 Å². The molecule has 1 N–H and O–H groups in total. The fourth-order valence-electron chi connectivity index (χ4n) is 2.18. The molecule has 1 aromatic heterocycles. The van der Waals surface area contributed by atoms with E-state index in [1.807, 2.05) is 0 Å². The van der Waals surface area contributed by atoms with Crippen molar-refractivity contribution in [2.45, 2.75) is 19.4 Å². The highest BCUT2D eigenvalue weighted by atomic mass is 16.5. The number of rotatable bonds is 5. The van der Waals surface area contributed by atoms with Gasteiger partial charge >= 0.3 is 5.63 Å². The minimum atomic E-state index is -0.707. The van der Waals surface area contributed by atoms with Crippen LogP contribution in [0, 0.1) is 0 Å². The SMILES string of the molecule is C=C(C)C(O)Cc1c(OC)cc2oc(=O)ccc2c1OC. The fraction of sp³-hybridized carbons (Fsp3) is 0.312. The van der Waals surface area contributed by atoms with Crippen molar-refractivity contribution in [3.63, 3.8) is 0 Å². The van der Waals surface area contributed by atoms with E-state index in [2.05, 4.69) is 6.58 Å². The van der Waals surface area contributed by atoms with Crippen LogP contribution in [-0.2, 0) is 6.42 Å². The molecule has 5 heteroatoms. The maximum absolute atomic E-state index is 11.3. The average Bonchev–Trinajstić information content (AvgIpc) is 2.46. The Labute approximate surface area is 122 Å². The molecule has 5 nitrogen and oxygen atoms in total. The van der Waals surface area contributed by atoms with Crippen molar-refractivity contribution >= 4 is 11.0 Å². The van der Waals surface area contributed by atoms with Gasteiger partial charge in [0.15, 0.2) is 0 Å². The smallest absolute Gasteiger partial charge is 0.336 e. The van der Waals surface area contributed by atoms with Crippen molar-refractivity contribution in [1.29, 1.82) is 0 Å². The summed E-state index contributed by atoms with van der Waals surface area (Å²) in [5, 5.41) is 10.7. The second kappa shape index (κ2) is 6.01. The van der Waals surface area contributed by atoms with Gasteiger partial charge in [-0.05, 0) is 13.0 Å². The summed E-state index contributed by atoms with van der Waals surface area (Å²) >= 11 is 0. The third-order valence-electron chi connectivity index (χ3n) is 3.33. The number of benzene rings is 1. The van der Waals surface area contributed by atoms with E-state index in [1.54, 1.807) is 19.1 Å². The van der Waals surface area contributed by atoms with Crippen molar-refractivity contribution in [3.05, 3.63) is 46.3 Å². The highest BCUT2D eigenvalue weighted by Gasteiger charge is 2.19. The first kappa shape index (κ1) is 15.1. The van der Waals surface area contributed by atoms with Crippen molar-refractivity contribution in [3.8, 4) is 11.5 Å². The van der Waals surface area contributed by atoms with Crippen LogP contribution in [0.15, 0.2) is 39.6 Å². The maximum Gasteiger partial charge on any atom is 0.336 e. The lowest BCUT2D eigenvalue weighted by Gasteiger charge is -2.18. The number of methoxy groups -OCH3 is 2. The molecule has 1 aromatic carbocycles. The number of hydrogen-bond donors (Lipinski definition) is 1. The van der Waals surface area contributed by atoms with Gasteiger partial charge in [-0.2, -0.15) is 0 Å². The number of hydrogen-bond acceptors (Lipinski definition) is 5. The van der Waals surface area contributed by atoms with E-state index in [0.717, 1.165) is 0 Å². The van der Waals surface area contributed by atoms with Crippen LogP contribution >= 0.6 is 0 Å². The number of aliphatic hydroxyl groups is 1. The highest BCUT2D eigenvalue weighted by Crippen LogP contribution is 2.37. The van der Waals surface area contributed by atoms with Gasteiger partial charge in [-0.3, -0.25) is 0 Å². The van der Waals surface area contributed by atoms with Gasteiger partial charge in [-0.1, -0.05) is 12.2 Å². The second-order valence-electron chi connectivity index (χ2n) is 4.82. The summed E-state index contributed by atoms with van der Waals surface area (Å²) in [4.78, 5) is 11.3. The summed E-state index contributed by atoms with van der Waals surface area (Å²) in [6, 6.07) is 4.59. The Bertz CT molecular complexity index is 729. The van der Waals surface area contributed by atoms with Crippen LogP contribution in [0.2, 0.25) is 0 Å². The molecule has 0 fully saturated rings. The molecule has 1 unspecified atom stereocenters. The molecule has 0 spiro atoms. The Morgan fingerprint density at radius 3 is 2.67 bits per heavy atom. The van der Waals surface area contributed by atoms with Gasteiger partial charge in [0.1, 0.15) is 17.1 Å².